The summed E-state index contributed by atoms with van der Waals surface area (Å²) < 4.78 is 0. The van der Waals surface area contributed by atoms with Crippen molar-refractivity contribution >= 4 is 28.2 Å². The van der Waals surface area contributed by atoms with Crippen molar-refractivity contribution in [3.05, 3.63) is 81.1 Å². The molecule has 176 valence electrons. The summed E-state index contributed by atoms with van der Waals surface area (Å²) in [5.41, 5.74) is 4.97. The van der Waals surface area contributed by atoms with E-state index in [0.29, 0.717) is 18.2 Å². The summed E-state index contributed by atoms with van der Waals surface area (Å²) in [6, 6.07) is 16.4. The van der Waals surface area contributed by atoms with Crippen molar-refractivity contribution in [2.24, 2.45) is 0 Å². The zero-order valence-corrected chi connectivity index (χ0v) is 21.1. The molecule has 3 rings (SSSR count). The van der Waals surface area contributed by atoms with Crippen LogP contribution in [0.25, 0.3) is 10.9 Å². The number of nitrogens with zero attached hydrogens (tertiary/aromatic N) is 2. The van der Waals surface area contributed by atoms with Crippen LogP contribution in [0.2, 0.25) is 0 Å². The van der Waals surface area contributed by atoms with Gasteiger partial charge in [-0.15, -0.1) is 0 Å². The van der Waals surface area contributed by atoms with Gasteiger partial charge in [0.25, 0.3) is 5.56 Å². The largest absolute Gasteiger partial charge is 0.363 e. The van der Waals surface area contributed by atoms with E-state index in [1.165, 1.54) is 0 Å². The summed E-state index contributed by atoms with van der Waals surface area (Å²) in [6.07, 6.45) is 1.02. The molecule has 2 N–H and O–H groups in total. The first kappa shape index (κ1) is 24.9. The van der Waals surface area contributed by atoms with Crippen molar-refractivity contribution in [2.75, 3.05) is 26.2 Å². The molecule has 1 aromatic heterocycles. The van der Waals surface area contributed by atoms with Gasteiger partial charge < -0.3 is 20.1 Å². The van der Waals surface area contributed by atoms with Crippen molar-refractivity contribution in [1.29, 1.82) is 0 Å². The molecule has 0 saturated carbocycles. The monoisotopic (exact) mass is 464 g/mol. The highest BCUT2D eigenvalue weighted by atomic mass is 32.1. The summed E-state index contributed by atoms with van der Waals surface area (Å²) in [5.74, 6) is 0. The van der Waals surface area contributed by atoms with Crippen molar-refractivity contribution in [1.82, 2.24) is 20.1 Å². The minimum atomic E-state index is -0.0569. The van der Waals surface area contributed by atoms with Crippen LogP contribution in [0.1, 0.15) is 42.5 Å². The van der Waals surface area contributed by atoms with Crippen LogP contribution in [-0.2, 0) is 13.1 Å². The number of aromatic nitrogens is 1. The lowest BCUT2D eigenvalue weighted by atomic mass is 10.0. The van der Waals surface area contributed by atoms with Crippen molar-refractivity contribution in [3.8, 4) is 0 Å². The van der Waals surface area contributed by atoms with Gasteiger partial charge in [0.1, 0.15) is 0 Å². The fourth-order valence-electron chi connectivity index (χ4n) is 4.09. The fourth-order valence-corrected chi connectivity index (χ4v) is 4.33. The number of thiocarbonyl (C=S) groups is 1. The van der Waals surface area contributed by atoms with E-state index in [1.807, 2.05) is 37.3 Å². The molecular formula is C27H36N4OS. The first-order valence-corrected chi connectivity index (χ1v) is 12.2. The third-order valence-corrected chi connectivity index (χ3v) is 6.61. The zero-order chi connectivity index (χ0) is 23.8. The molecule has 0 radical (unpaired) electrons. The second kappa shape index (κ2) is 12.0. The summed E-state index contributed by atoms with van der Waals surface area (Å²) in [5, 5.41) is 5.19. The number of hydrogen-bond donors (Lipinski definition) is 2. The van der Waals surface area contributed by atoms with Crippen LogP contribution in [0.5, 0.6) is 0 Å². The lowest BCUT2D eigenvalue weighted by Gasteiger charge is -2.26. The van der Waals surface area contributed by atoms with Gasteiger partial charge in [0.2, 0.25) is 0 Å². The number of aromatic amines is 1. The molecule has 33 heavy (non-hydrogen) atoms. The fraction of sp³-hybridized carbons (Fsp3) is 0.407. The Labute approximate surface area is 202 Å². The Morgan fingerprint density at radius 1 is 1.00 bits per heavy atom. The van der Waals surface area contributed by atoms with Crippen molar-refractivity contribution in [3.63, 3.8) is 0 Å². The summed E-state index contributed by atoms with van der Waals surface area (Å²) in [6.45, 7) is 13.6. The van der Waals surface area contributed by atoms with E-state index in [9.17, 15) is 4.79 Å². The quantitative estimate of drug-likeness (QED) is 0.335. The highest BCUT2D eigenvalue weighted by molar-refractivity contribution is 7.80. The van der Waals surface area contributed by atoms with Gasteiger partial charge in [0.05, 0.1) is 12.1 Å². The molecule has 0 atom stereocenters. The van der Waals surface area contributed by atoms with E-state index < -0.39 is 0 Å². The van der Waals surface area contributed by atoms with Gasteiger partial charge in [-0.2, -0.15) is 0 Å². The van der Waals surface area contributed by atoms with Gasteiger partial charge in [0, 0.05) is 24.0 Å². The predicted octanol–water partition coefficient (Wildman–Crippen LogP) is 4.75. The minimum absolute atomic E-state index is 0.0569. The SMILES string of the molecule is CCN(CC)CCCNC(=S)N(Cc1ccccc1)Cc1cc2c(C)ccc(C)c2[nH]c1=O. The van der Waals surface area contributed by atoms with Crippen LogP contribution in [0.4, 0.5) is 0 Å². The van der Waals surface area contributed by atoms with Crippen LogP contribution in [-0.4, -0.2) is 46.1 Å². The second-order valence-corrected chi connectivity index (χ2v) is 8.95. The average molecular weight is 465 g/mol. The Morgan fingerprint density at radius 3 is 2.39 bits per heavy atom. The predicted molar refractivity (Wildman–Crippen MR) is 143 cm³/mol. The Bertz CT molecular complexity index is 1120. The Hall–Kier alpha value is -2.70. The normalized spacial score (nSPS) is 11.2. The van der Waals surface area contributed by atoms with Crippen LogP contribution >= 0.6 is 12.2 Å². The number of rotatable bonds is 10. The molecule has 1 heterocycles. The molecule has 0 fully saturated rings. The van der Waals surface area contributed by atoms with Crippen LogP contribution < -0.4 is 10.9 Å². The molecule has 0 saturated heterocycles. The van der Waals surface area contributed by atoms with E-state index in [1.54, 1.807) is 0 Å². The molecule has 6 heteroatoms. The summed E-state index contributed by atoms with van der Waals surface area (Å²) in [7, 11) is 0. The molecule has 0 aliphatic heterocycles. The maximum absolute atomic E-state index is 13.0. The molecule has 3 aromatic rings. The minimum Gasteiger partial charge on any atom is -0.363 e. The second-order valence-electron chi connectivity index (χ2n) is 8.57. The van der Waals surface area contributed by atoms with E-state index in [4.69, 9.17) is 12.2 Å². The summed E-state index contributed by atoms with van der Waals surface area (Å²) in [4.78, 5) is 20.6. The van der Waals surface area contributed by atoms with Gasteiger partial charge >= 0.3 is 0 Å². The number of aryl methyl sites for hydroxylation is 2. The Morgan fingerprint density at radius 2 is 1.70 bits per heavy atom. The Kier molecular flexibility index (Phi) is 9.03. The van der Waals surface area contributed by atoms with Crippen molar-refractivity contribution < 1.29 is 0 Å². The van der Waals surface area contributed by atoms with Crippen LogP contribution in [0, 0.1) is 13.8 Å². The number of benzene rings is 2. The average Bonchev–Trinajstić information content (AvgIpc) is 2.82. The van der Waals surface area contributed by atoms with E-state index in [-0.39, 0.29) is 5.56 Å². The van der Waals surface area contributed by atoms with Gasteiger partial charge in [-0.05, 0) is 74.9 Å². The molecule has 0 spiro atoms. The molecule has 5 nitrogen and oxygen atoms in total. The maximum atomic E-state index is 13.0. The van der Waals surface area contributed by atoms with Crippen LogP contribution in [0.3, 0.4) is 0 Å². The number of fused-ring (bicyclic) bond motifs is 1. The van der Waals surface area contributed by atoms with Gasteiger partial charge in [-0.25, -0.2) is 0 Å². The van der Waals surface area contributed by atoms with Gasteiger partial charge in [0.15, 0.2) is 5.11 Å². The molecule has 0 aliphatic carbocycles. The first-order chi connectivity index (χ1) is 15.9. The smallest absolute Gasteiger partial charge is 0.253 e. The summed E-state index contributed by atoms with van der Waals surface area (Å²) >= 11 is 5.78. The van der Waals surface area contributed by atoms with E-state index in [2.05, 4.69) is 59.1 Å². The number of hydrogen-bond acceptors (Lipinski definition) is 3. The molecule has 0 unspecified atom stereocenters. The van der Waals surface area contributed by atoms with Crippen LogP contribution in [0.15, 0.2) is 53.3 Å². The third kappa shape index (κ3) is 6.65. The lowest BCUT2D eigenvalue weighted by molar-refractivity contribution is 0.299. The molecule has 0 aliphatic rings. The standard InChI is InChI=1S/C27H36N4OS/c1-5-30(6-2)16-10-15-28-27(33)31(18-22-11-8-7-9-12-22)19-23-17-24-20(3)13-14-21(4)25(24)29-26(23)32/h7-9,11-14,17H,5-6,10,15-16,18-19H2,1-4H3,(H,28,33)(H,29,32). The molecule has 0 amide bonds. The zero-order valence-electron chi connectivity index (χ0n) is 20.3. The van der Waals surface area contributed by atoms with Crippen molar-refractivity contribution in [2.45, 2.75) is 47.2 Å². The molecular weight excluding hydrogens is 428 g/mol. The topological polar surface area (TPSA) is 51.4 Å². The maximum Gasteiger partial charge on any atom is 0.253 e. The molecule has 2 aromatic carbocycles. The number of nitrogens with one attached hydrogen (secondary N) is 2. The Balaban J connectivity index is 1.80. The first-order valence-electron chi connectivity index (χ1n) is 11.8. The number of pyridine rings is 1. The highest BCUT2D eigenvalue weighted by Crippen LogP contribution is 2.20. The number of H-pyrrole nitrogens is 1. The highest BCUT2D eigenvalue weighted by Gasteiger charge is 2.15. The van der Waals surface area contributed by atoms with E-state index >= 15 is 0 Å². The van der Waals surface area contributed by atoms with E-state index in [0.717, 1.165) is 65.8 Å². The third-order valence-electron chi connectivity index (χ3n) is 6.21. The van der Waals surface area contributed by atoms with Gasteiger partial charge in [-0.1, -0.05) is 56.3 Å². The molecule has 0 bridgehead atoms. The van der Waals surface area contributed by atoms with Gasteiger partial charge in [-0.3, -0.25) is 4.79 Å². The lowest BCUT2D eigenvalue weighted by Crippen LogP contribution is -2.41.